The Labute approximate surface area is 162 Å². The van der Waals surface area contributed by atoms with E-state index in [2.05, 4.69) is 0 Å². The van der Waals surface area contributed by atoms with Crippen LogP contribution in [0.4, 0.5) is 5.69 Å². The standard InChI is InChI=1S/C21H18N2O3S/c1-2-26-21(25)17(14-22)20-23(16-11-7-4-8-12-16)19(24)18(27-20)13-15-9-5-3-6-10-15/h3-12,18H,2,13H2,1H3/b20-17+/t18-/m1/s1. The highest BCUT2D eigenvalue weighted by Gasteiger charge is 2.41. The third kappa shape index (κ3) is 4.04. The number of thioether (sulfide) groups is 1. The van der Waals surface area contributed by atoms with Crippen molar-refractivity contribution in [1.29, 1.82) is 5.26 Å². The van der Waals surface area contributed by atoms with Gasteiger partial charge < -0.3 is 4.74 Å². The highest BCUT2D eigenvalue weighted by Crippen LogP contribution is 2.41. The Balaban J connectivity index is 2.02. The maximum absolute atomic E-state index is 13.1. The SMILES string of the molecule is CCOC(=O)/C(C#N)=C1/S[C@H](Cc2ccccc2)C(=O)N1c1ccccc1. The van der Waals surface area contributed by atoms with E-state index in [0.29, 0.717) is 17.1 Å². The molecule has 6 heteroatoms. The van der Waals surface area contributed by atoms with E-state index in [1.54, 1.807) is 19.1 Å². The summed E-state index contributed by atoms with van der Waals surface area (Å²) in [5, 5.41) is 9.46. The van der Waals surface area contributed by atoms with Gasteiger partial charge in [0.25, 0.3) is 0 Å². The highest BCUT2D eigenvalue weighted by atomic mass is 32.2. The maximum atomic E-state index is 13.1. The van der Waals surface area contributed by atoms with Crippen molar-refractivity contribution in [2.24, 2.45) is 0 Å². The molecule has 1 aliphatic rings. The van der Waals surface area contributed by atoms with Crippen LogP contribution in [-0.4, -0.2) is 23.7 Å². The van der Waals surface area contributed by atoms with Crippen molar-refractivity contribution in [2.75, 3.05) is 11.5 Å². The number of hydrogen-bond acceptors (Lipinski definition) is 5. The summed E-state index contributed by atoms with van der Waals surface area (Å²) < 4.78 is 5.01. The molecule has 1 atom stereocenters. The molecular weight excluding hydrogens is 360 g/mol. The number of nitrogens with zero attached hydrogens (tertiary/aromatic N) is 2. The van der Waals surface area contributed by atoms with E-state index in [-0.39, 0.29) is 18.1 Å². The molecule has 1 fully saturated rings. The first-order chi connectivity index (χ1) is 13.2. The zero-order valence-electron chi connectivity index (χ0n) is 14.8. The van der Waals surface area contributed by atoms with Gasteiger partial charge in [-0.25, -0.2) is 4.79 Å². The minimum absolute atomic E-state index is 0.144. The van der Waals surface area contributed by atoms with Crippen molar-refractivity contribution >= 4 is 29.3 Å². The summed E-state index contributed by atoms with van der Waals surface area (Å²) in [4.78, 5) is 26.8. The fraction of sp³-hybridized carbons (Fsp3) is 0.190. The number of amides is 1. The monoisotopic (exact) mass is 378 g/mol. The molecule has 1 saturated heterocycles. The van der Waals surface area contributed by atoms with Gasteiger partial charge in [-0.05, 0) is 31.0 Å². The third-order valence-corrected chi connectivity index (χ3v) is 5.30. The minimum Gasteiger partial charge on any atom is -0.462 e. The Kier molecular flexibility index (Phi) is 5.94. The summed E-state index contributed by atoms with van der Waals surface area (Å²) in [7, 11) is 0. The van der Waals surface area contributed by atoms with Crippen LogP contribution in [0.25, 0.3) is 0 Å². The minimum atomic E-state index is -0.711. The van der Waals surface area contributed by atoms with Gasteiger partial charge in [-0.2, -0.15) is 5.26 Å². The van der Waals surface area contributed by atoms with E-state index in [0.717, 1.165) is 5.56 Å². The molecule has 3 rings (SSSR count). The molecule has 0 aliphatic carbocycles. The molecule has 5 nitrogen and oxygen atoms in total. The van der Waals surface area contributed by atoms with Gasteiger partial charge in [0.1, 0.15) is 11.1 Å². The number of para-hydroxylation sites is 1. The number of ether oxygens (including phenoxy) is 1. The average molecular weight is 378 g/mol. The summed E-state index contributed by atoms with van der Waals surface area (Å²) in [6, 6.07) is 20.6. The van der Waals surface area contributed by atoms with Crippen LogP contribution in [0.3, 0.4) is 0 Å². The fourth-order valence-electron chi connectivity index (χ4n) is 2.82. The topological polar surface area (TPSA) is 70.4 Å². The van der Waals surface area contributed by atoms with E-state index in [1.165, 1.54) is 16.7 Å². The third-order valence-electron chi connectivity index (χ3n) is 4.04. The summed E-state index contributed by atoms with van der Waals surface area (Å²) >= 11 is 1.24. The highest BCUT2D eigenvalue weighted by molar-refractivity contribution is 8.05. The second-order valence-corrected chi connectivity index (χ2v) is 7.01. The lowest BCUT2D eigenvalue weighted by Gasteiger charge is -2.18. The molecular formula is C21H18N2O3S. The summed E-state index contributed by atoms with van der Waals surface area (Å²) in [6.45, 7) is 1.84. The Bertz CT molecular complexity index is 904. The quantitative estimate of drug-likeness (QED) is 0.451. The molecule has 0 saturated carbocycles. The van der Waals surface area contributed by atoms with Gasteiger partial charge in [-0.3, -0.25) is 9.69 Å². The molecule has 0 unspecified atom stereocenters. The van der Waals surface area contributed by atoms with Crippen molar-refractivity contribution < 1.29 is 14.3 Å². The van der Waals surface area contributed by atoms with Crippen LogP contribution in [0, 0.1) is 11.3 Å². The molecule has 1 aliphatic heterocycles. The van der Waals surface area contributed by atoms with Crippen molar-refractivity contribution in [1.82, 2.24) is 0 Å². The van der Waals surface area contributed by atoms with Crippen molar-refractivity contribution in [2.45, 2.75) is 18.6 Å². The first-order valence-corrected chi connectivity index (χ1v) is 9.44. The molecule has 1 amide bonds. The number of carbonyl (C=O) groups excluding carboxylic acids is 2. The molecule has 27 heavy (non-hydrogen) atoms. The molecule has 0 aromatic heterocycles. The summed E-state index contributed by atoms with van der Waals surface area (Å²) in [5.74, 6) is -0.862. The fourth-order valence-corrected chi connectivity index (χ4v) is 4.11. The molecule has 0 spiro atoms. The molecule has 2 aromatic rings. The van der Waals surface area contributed by atoms with Crippen molar-refractivity contribution in [3.63, 3.8) is 0 Å². The summed E-state index contributed by atoms with van der Waals surface area (Å²) in [6.07, 6.45) is 0.513. The van der Waals surface area contributed by atoms with Crippen LogP contribution < -0.4 is 4.90 Å². The predicted octanol–water partition coefficient (Wildman–Crippen LogP) is 3.68. The summed E-state index contributed by atoms with van der Waals surface area (Å²) in [5.41, 5.74) is 1.50. The van der Waals surface area contributed by atoms with Crippen LogP contribution in [-0.2, 0) is 20.7 Å². The lowest BCUT2D eigenvalue weighted by molar-refractivity contribution is -0.138. The van der Waals surface area contributed by atoms with Gasteiger partial charge in [0.2, 0.25) is 5.91 Å². The van der Waals surface area contributed by atoms with Gasteiger partial charge in [0, 0.05) is 5.69 Å². The molecule has 136 valence electrons. The predicted molar refractivity (Wildman–Crippen MR) is 105 cm³/mol. The zero-order valence-corrected chi connectivity index (χ0v) is 15.6. The number of esters is 1. The van der Waals surface area contributed by atoms with Gasteiger partial charge in [0.15, 0.2) is 5.57 Å². The first kappa shape index (κ1) is 18.7. The molecule has 0 bridgehead atoms. The van der Waals surface area contributed by atoms with Gasteiger partial charge in [0.05, 0.1) is 11.9 Å². The van der Waals surface area contributed by atoms with Crippen molar-refractivity contribution in [3.8, 4) is 6.07 Å². The maximum Gasteiger partial charge on any atom is 0.351 e. The van der Waals surface area contributed by atoms with E-state index < -0.39 is 11.2 Å². The Morgan fingerprint density at radius 1 is 1.15 bits per heavy atom. The zero-order chi connectivity index (χ0) is 19.2. The van der Waals surface area contributed by atoms with Crippen molar-refractivity contribution in [3.05, 3.63) is 76.8 Å². The normalized spacial score (nSPS) is 18.1. The number of rotatable bonds is 5. The van der Waals surface area contributed by atoms with Gasteiger partial charge >= 0.3 is 5.97 Å². The number of hydrogen-bond donors (Lipinski definition) is 0. The number of anilines is 1. The number of nitriles is 1. The van der Waals surface area contributed by atoms with Gasteiger partial charge in [-0.1, -0.05) is 60.3 Å². The second kappa shape index (κ2) is 8.56. The number of benzene rings is 2. The Morgan fingerprint density at radius 2 is 1.78 bits per heavy atom. The first-order valence-electron chi connectivity index (χ1n) is 8.56. The number of carbonyl (C=O) groups is 2. The lowest BCUT2D eigenvalue weighted by Crippen LogP contribution is -2.30. The van der Waals surface area contributed by atoms with E-state index in [9.17, 15) is 14.9 Å². The van der Waals surface area contributed by atoms with E-state index in [4.69, 9.17) is 4.74 Å². The van der Waals surface area contributed by atoms with Crippen LogP contribution >= 0.6 is 11.8 Å². The second-order valence-electron chi connectivity index (χ2n) is 5.82. The largest absolute Gasteiger partial charge is 0.462 e. The van der Waals surface area contributed by atoms with Crippen LogP contribution in [0.1, 0.15) is 12.5 Å². The molecule has 0 radical (unpaired) electrons. The van der Waals surface area contributed by atoms with E-state index in [1.807, 2.05) is 54.6 Å². The molecule has 1 heterocycles. The van der Waals surface area contributed by atoms with Crippen LogP contribution in [0.15, 0.2) is 71.3 Å². The molecule has 2 aromatic carbocycles. The molecule has 0 N–H and O–H groups in total. The smallest absolute Gasteiger partial charge is 0.351 e. The van der Waals surface area contributed by atoms with Crippen LogP contribution in [0.5, 0.6) is 0 Å². The lowest BCUT2D eigenvalue weighted by atomic mass is 10.1. The van der Waals surface area contributed by atoms with Crippen LogP contribution in [0.2, 0.25) is 0 Å². The van der Waals surface area contributed by atoms with Gasteiger partial charge in [-0.15, -0.1) is 0 Å². The Morgan fingerprint density at radius 3 is 2.37 bits per heavy atom. The average Bonchev–Trinajstić information content (AvgIpc) is 3.00. The Hall–Kier alpha value is -3.04. The van der Waals surface area contributed by atoms with E-state index >= 15 is 0 Å².